The Hall–Kier alpha value is -3.25. The Balaban J connectivity index is 1.74. The minimum absolute atomic E-state index is 0.138. The minimum atomic E-state index is -0.633. The lowest BCUT2D eigenvalue weighted by Crippen LogP contribution is -2.33. The largest absolute Gasteiger partial charge is 0.503 e. The Morgan fingerprint density at radius 3 is 2.34 bits per heavy atom. The van der Waals surface area contributed by atoms with Crippen molar-refractivity contribution in [3.05, 3.63) is 98.2 Å². The highest BCUT2D eigenvalue weighted by molar-refractivity contribution is 7.14. The number of thiazole rings is 1. The van der Waals surface area contributed by atoms with Gasteiger partial charge in [0.2, 0.25) is 5.78 Å². The molecule has 4 rings (SSSR count). The van der Waals surface area contributed by atoms with E-state index in [-0.39, 0.29) is 11.4 Å². The fourth-order valence-corrected chi connectivity index (χ4v) is 5.03. The van der Waals surface area contributed by atoms with Crippen molar-refractivity contribution in [3.63, 3.8) is 0 Å². The Morgan fingerprint density at radius 2 is 1.75 bits per heavy atom. The van der Waals surface area contributed by atoms with Crippen molar-refractivity contribution in [3.8, 4) is 0 Å². The van der Waals surface area contributed by atoms with E-state index in [9.17, 15) is 14.7 Å². The highest BCUT2D eigenvalue weighted by Crippen LogP contribution is 2.40. The lowest BCUT2D eigenvalue weighted by atomic mass is 9.94. The third-order valence-electron chi connectivity index (χ3n) is 5.85. The molecule has 0 radical (unpaired) electrons. The molecule has 164 valence electrons. The van der Waals surface area contributed by atoms with Gasteiger partial charge in [-0.3, -0.25) is 9.59 Å². The molecule has 5 nitrogen and oxygen atoms in total. The second-order valence-electron chi connectivity index (χ2n) is 7.97. The Kier molecular flexibility index (Phi) is 6.24. The normalized spacial score (nSPS) is 16.2. The quantitative estimate of drug-likeness (QED) is 0.510. The number of aryl methyl sites for hydroxylation is 3. The maximum atomic E-state index is 13.5. The number of aromatic nitrogens is 1. The van der Waals surface area contributed by atoms with E-state index >= 15 is 0 Å². The van der Waals surface area contributed by atoms with Crippen molar-refractivity contribution < 1.29 is 14.7 Å². The van der Waals surface area contributed by atoms with Crippen LogP contribution in [0.3, 0.4) is 0 Å². The number of amides is 1. The number of hydrogen-bond acceptors (Lipinski definition) is 5. The molecule has 6 heteroatoms. The van der Waals surface area contributed by atoms with Gasteiger partial charge >= 0.3 is 0 Å². The zero-order valence-electron chi connectivity index (χ0n) is 18.5. The first-order valence-corrected chi connectivity index (χ1v) is 11.6. The molecule has 1 atom stereocenters. The van der Waals surface area contributed by atoms with E-state index in [2.05, 4.69) is 11.9 Å². The first kappa shape index (κ1) is 22.0. The summed E-state index contributed by atoms with van der Waals surface area (Å²) in [5, 5.41) is 11.6. The molecular formula is C26H26N2O3S. The number of aliphatic hydroxyl groups excluding tert-OH is 1. The molecule has 1 aliphatic heterocycles. The summed E-state index contributed by atoms with van der Waals surface area (Å²) in [6.45, 7) is 6.10. The summed E-state index contributed by atoms with van der Waals surface area (Å²) in [4.78, 5) is 33.1. The van der Waals surface area contributed by atoms with Crippen LogP contribution in [0.5, 0.6) is 0 Å². The average molecular weight is 447 g/mol. The standard InChI is InChI=1S/C26H26N2O3S/c1-4-18-10-12-20(13-11-18)22-21(23(29)25-16(2)27-17(3)32-25)24(30)26(31)28(22)15-14-19-8-6-5-7-9-19/h5-13,22,30H,4,14-15H2,1-3H3. The van der Waals surface area contributed by atoms with Crippen LogP contribution in [0.15, 0.2) is 65.9 Å². The van der Waals surface area contributed by atoms with Crippen LogP contribution < -0.4 is 0 Å². The molecule has 0 saturated carbocycles. The van der Waals surface area contributed by atoms with Gasteiger partial charge in [0.1, 0.15) is 0 Å². The summed E-state index contributed by atoms with van der Waals surface area (Å²) >= 11 is 1.29. The third kappa shape index (κ3) is 4.10. The molecule has 0 aliphatic carbocycles. The van der Waals surface area contributed by atoms with Gasteiger partial charge in [0.25, 0.3) is 5.91 Å². The summed E-state index contributed by atoms with van der Waals surface area (Å²) in [6, 6.07) is 17.2. The van der Waals surface area contributed by atoms with Crippen molar-refractivity contribution in [1.82, 2.24) is 9.88 Å². The predicted molar refractivity (Wildman–Crippen MR) is 126 cm³/mol. The SMILES string of the molecule is CCc1ccc(C2C(C(=O)c3sc(C)nc3C)=C(O)C(=O)N2CCc2ccccc2)cc1. The van der Waals surface area contributed by atoms with E-state index in [1.807, 2.05) is 61.5 Å². The lowest BCUT2D eigenvalue weighted by Gasteiger charge is -2.27. The van der Waals surface area contributed by atoms with Gasteiger partial charge in [-0.05, 0) is 43.4 Å². The molecule has 3 aromatic rings. The topological polar surface area (TPSA) is 70.5 Å². The molecule has 0 spiro atoms. The zero-order chi connectivity index (χ0) is 22.8. The van der Waals surface area contributed by atoms with Crippen molar-refractivity contribution >= 4 is 23.0 Å². The zero-order valence-corrected chi connectivity index (χ0v) is 19.3. The molecular weight excluding hydrogens is 420 g/mol. The number of Topliss-reactive ketones (excluding diaryl/α,β-unsaturated/α-hetero) is 1. The van der Waals surface area contributed by atoms with Crippen LogP contribution in [-0.4, -0.2) is 33.2 Å². The van der Waals surface area contributed by atoms with E-state index in [1.165, 1.54) is 16.9 Å². The highest BCUT2D eigenvalue weighted by atomic mass is 32.1. The van der Waals surface area contributed by atoms with E-state index in [0.717, 1.165) is 22.6 Å². The van der Waals surface area contributed by atoms with Gasteiger partial charge in [0.05, 0.1) is 27.2 Å². The summed E-state index contributed by atoms with van der Waals surface area (Å²) in [6.07, 6.45) is 1.53. The second-order valence-corrected chi connectivity index (χ2v) is 9.17. The van der Waals surface area contributed by atoms with Crippen LogP contribution >= 0.6 is 11.3 Å². The second kappa shape index (κ2) is 9.09. The van der Waals surface area contributed by atoms with Crippen molar-refractivity contribution in [2.75, 3.05) is 6.54 Å². The number of carbonyl (C=O) groups excluding carboxylic acids is 2. The van der Waals surface area contributed by atoms with Gasteiger partial charge in [-0.2, -0.15) is 0 Å². The van der Waals surface area contributed by atoms with Crippen LogP contribution in [-0.2, 0) is 17.6 Å². The Labute approximate surface area is 192 Å². The number of ketones is 1. The van der Waals surface area contributed by atoms with Crippen LogP contribution in [0.1, 0.15) is 50.0 Å². The number of nitrogens with zero attached hydrogens (tertiary/aromatic N) is 2. The van der Waals surface area contributed by atoms with Gasteiger partial charge < -0.3 is 10.0 Å². The summed E-state index contributed by atoms with van der Waals surface area (Å²) < 4.78 is 0. The van der Waals surface area contributed by atoms with Gasteiger partial charge in [0, 0.05) is 6.54 Å². The minimum Gasteiger partial charge on any atom is -0.503 e. The monoisotopic (exact) mass is 446 g/mol. The molecule has 1 amide bonds. The van der Waals surface area contributed by atoms with Gasteiger partial charge in [-0.25, -0.2) is 4.98 Å². The van der Waals surface area contributed by atoms with Crippen molar-refractivity contribution in [2.24, 2.45) is 0 Å². The van der Waals surface area contributed by atoms with E-state index < -0.39 is 17.7 Å². The summed E-state index contributed by atoms with van der Waals surface area (Å²) in [7, 11) is 0. The van der Waals surface area contributed by atoms with Crippen LogP contribution in [0, 0.1) is 13.8 Å². The van der Waals surface area contributed by atoms with Crippen LogP contribution in [0.2, 0.25) is 0 Å². The Bertz CT molecular complexity index is 1180. The number of carbonyl (C=O) groups is 2. The van der Waals surface area contributed by atoms with Gasteiger partial charge in [-0.1, -0.05) is 61.5 Å². The summed E-state index contributed by atoms with van der Waals surface area (Å²) in [5.74, 6) is -1.29. The van der Waals surface area contributed by atoms with Crippen LogP contribution in [0.25, 0.3) is 0 Å². The molecule has 2 aromatic carbocycles. The lowest BCUT2D eigenvalue weighted by molar-refractivity contribution is -0.129. The molecule has 1 unspecified atom stereocenters. The maximum Gasteiger partial charge on any atom is 0.290 e. The summed E-state index contributed by atoms with van der Waals surface area (Å²) in [5.41, 5.74) is 3.83. The molecule has 1 aromatic heterocycles. The fraction of sp³-hybridized carbons (Fsp3) is 0.269. The number of benzene rings is 2. The molecule has 0 bridgehead atoms. The molecule has 2 heterocycles. The van der Waals surface area contributed by atoms with Gasteiger partial charge in [0.15, 0.2) is 5.76 Å². The number of aliphatic hydroxyl groups is 1. The van der Waals surface area contributed by atoms with E-state index in [1.54, 1.807) is 11.8 Å². The smallest absolute Gasteiger partial charge is 0.290 e. The van der Waals surface area contributed by atoms with E-state index in [0.29, 0.717) is 23.5 Å². The molecule has 32 heavy (non-hydrogen) atoms. The Morgan fingerprint density at radius 1 is 1.06 bits per heavy atom. The van der Waals surface area contributed by atoms with Gasteiger partial charge in [-0.15, -0.1) is 11.3 Å². The maximum absolute atomic E-state index is 13.5. The third-order valence-corrected chi connectivity index (χ3v) is 6.92. The number of hydrogen-bond donors (Lipinski definition) is 1. The van der Waals surface area contributed by atoms with E-state index in [4.69, 9.17) is 0 Å². The predicted octanol–water partition coefficient (Wildman–Crippen LogP) is 5.14. The number of rotatable bonds is 7. The molecule has 1 aliphatic rings. The van der Waals surface area contributed by atoms with Crippen molar-refractivity contribution in [1.29, 1.82) is 0 Å². The fourth-order valence-electron chi connectivity index (χ4n) is 4.16. The molecule has 0 fully saturated rings. The molecule has 0 saturated heterocycles. The first-order valence-electron chi connectivity index (χ1n) is 10.8. The first-order chi connectivity index (χ1) is 15.4. The highest BCUT2D eigenvalue weighted by Gasteiger charge is 2.44. The molecule has 1 N–H and O–H groups in total. The van der Waals surface area contributed by atoms with Crippen molar-refractivity contribution in [2.45, 2.75) is 39.7 Å². The average Bonchev–Trinajstić information content (AvgIpc) is 3.28. The van der Waals surface area contributed by atoms with Crippen LogP contribution in [0.4, 0.5) is 0 Å².